The Labute approximate surface area is 122 Å². The predicted octanol–water partition coefficient (Wildman–Crippen LogP) is 1.12. The lowest BCUT2D eigenvalue weighted by molar-refractivity contribution is -0.116. The molecule has 1 heterocycles. The molecule has 2 rings (SSSR count). The Hall–Kier alpha value is -2.47. The summed E-state index contributed by atoms with van der Waals surface area (Å²) in [5.74, 6) is -0.0900. The second kappa shape index (κ2) is 7.35. The fourth-order valence-corrected chi connectivity index (χ4v) is 2.00. The van der Waals surface area contributed by atoms with E-state index in [1.807, 2.05) is 24.3 Å². The molecular weight excluding hydrogens is 268 g/mol. The minimum atomic E-state index is -0.300. The minimum absolute atomic E-state index is 0.0900. The van der Waals surface area contributed by atoms with Crippen LogP contribution in [0.2, 0.25) is 0 Å². The highest BCUT2D eigenvalue weighted by Crippen LogP contribution is 2.14. The number of hydrogen-bond donors (Lipinski definition) is 2. The van der Waals surface area contributed by atoms with E-state index < -0.39 is 0 Å². The molecule has 0 atom stereocenters. The molecule has 0 aliphatic rings. The van der Waals surface area contributed by atoms with Crippen LogP contribution < -0.4 is 16.7 Å². The number of amides is 1. The first kappa shape index (κ1) is 14.9. The van der Waals surface area contributed by atoms with E-state index in [2.05, 4.69) is 10.3 Å². The van der Waals surface area contributed by atoms with Crippen LogP contribution in [0, 0.1) is 0 Å². The van der Waals surface area contributed by atoms with Gasteiger partial charge in [0.15, 0.2) is 0 Å². The number of carbonyl (C=O) groups is 1. The second-order valence-electron chi connectivity index (χ2n) is 4.61. The fraction of sp³-hybridized carbons (Fsp3) is 0.267. The smallest absolute Gasteiger partial charge is 0.326 e. The van der Waals surface area contributed by atoms with Crippen LogP contribution in [-0.2, 0) is 17.9 Å². The van der Waals surface area contributed by atoms with Gasteiger partial charge in [0.25, 0.3) is 0 Å². The molecule has 0 aliphatic heterocycles. The molecule has 3 N–H and O–H groups in total. The van der Waals surface area contributed by atoms with Gasteiger partial charge >= 0.3 is 5.69 Å². The third-order valence-corrected chi connectivity index (χ3v) is 3.10. The van der Waals surface area contributed by atoms with Gasteiger partial charge < -0.3 is 11.1 Å². The molecule has 6 heteroatoms. The average Bonchev–Trinajstić information content (AvgIpc) is 2.50. The molecule has 0 bridgehead atoms. The lowest BCUT2D eigenvalue weighted by atomic mass is 10.1. The molecule has 1 aromatic heterocycles. The molecular formula is C15H18N4O2. The molecule has 0 fully saturated rings. The minimum Gasteiger partial charge on any atom is -0.326 e. The van der Waals surface area contributed by atoms with E-state index in [4.69, 9.17) is 5.73 Å². The van der Waals surface area contributed by atoms with Crippen LogP contribution in [-0.4, -0.2) is 15.5 Å². The Kier molecular flexibility index (Phi) is 5.22. The van der Waals surface area contributed by atoms with Gasteiger partial charge in [-0.3, -0.25) is 9.36 Å². The standard InChI is InChI=1S/C15H18N4O2/c16-11-12-5-1-2-6-13(12)18-14(20)7-3-9-19-10-4-8-17-15(19)21/h1-2,4-6,8,10H,3,7,9,11,16H2,(H,18,20). The summed E-state index contributed by atoms with van der Waals surface area (Å²) in [5, 5.41) is 2.84. The number of benzene rings is 1. The zero-order valence-corrected chi connectivity index (χ0v) is 11.7. The normalized spacial score (nSPS) is 10.3. The van der Waals surface area contributed by atoms with Gasteiger partial charge in [-0.25, -0.2) is 9.78 Å². The number of carbonyl (C=O) groups excluding carboxylic acids is 1. The summed E-state index contributed by atoms with van der Waals surface area (Å²) in [4.78, 5) is 27.0. The van der Waals surface area contributed by atoms with Gasteiger partial charge in [0.1, 0.15) is 0 Å². The van der Waals surface area contributed by atoms with Crippen molar-refractivity contribution in [2.24, 2.45) is 5.73 Å². The zero-order chi connectivity index (χ0) is 15.1. The molecule has 110 valence electrons. The summed E-state index contributed by atoms with van der Waals surface area (Å²) in [6.45, 7) is 0.847. The summed E-state index contributed by atoms with van der Waals surface area (Å²) < 4.78 is 1.49. The van der Waals surface area contributed by atoms with E-state index in [0.717, 1.165) is 11.3 Å². The number of anilines is 1. The SMILES string of the molecule is NCc1ccccc1NC(=O)CCCn1cccnc1=O. The highest BCUT2D eigenvalue weighted by atomic mass is 16.2. The Morgan fingerprint density at radius 1 is 1.29 bits per heavy atom. The summed E-state index contributed by atoms with van der Waals surface area (Å²) >= 11 is 0. The molecule has 1 amide bonds. The number of aromatic nitrogens is 2. The quantitative estimate of drug-likeness (QED) is 0.832. The zero-order valence-electron chi connectivity index (χ0n) is 11.7. The number of rotatable bonds is 6. The van der Waals surface area contributed by atoms with Crippen LogP contribution >= 0.6 is 0 Å². The van der Waals surface area contributed by atoms with Gasteiger partial charge in [0.2, 0.25) is 5.91 Å². The highest BCUT2D eigenvalue weighted by molar-refractivity contribution is 5.91. The van der Waals surface area contributed by atoms with Crippen molar-refractivity contribution < 1.29 is 4.79 Å². The van der Waals surface area contributed by atoms with E-state index in [0.29, 0.717) is 25.9 Å². The molecule has 0 spiro atoms. The van der Waals surface area contributed by atoms with Gasteiger partial charge in [-0.1, -0.05) is 18.2 Å². The van der Waals surface area contributed by atoms with Crippen LogP contribution in [0.5, 0.6) is 0 Å². The van der Waals surface area contributed by atoms with Crippen LogP contribution in [0.4, 0.5) is 5.69 Å². The van der Waals surface area contributed by atoms with E-state index >= 15 is 0 Å². The maximum atomic E-state index is 11.9. The van der Waals surface area contributed by atoms with Gasteiger partial charge in [-0.2, -0.15) is 0 Å². The van der Waals surface area contributed by atoms with Crippen LogP contribution in [0.25, 0.3) is 0 Å². The molecule has 21 heavy (non-hydrogen) atoms. The molecule has 2 aromatic rings. The van der Waals surface area contributed by atoms with Crippen LogP contribution in [0.15, 0.2) is 47.5 Å². The largest absolute Gasteiger partial charge is 0.347 e. The summed E-state index contributed by atoms with van der Waals surface area (Å²) in [6.07, 6.45) is 4.02. The topological polar surface area (TPSA) is 90.0 Å². The number of nitrogens with zero attached hydrogens (tertiary/aromatic N) is 2. The van der Waals surface area contributed by atoms with Gasteiger partial charge in [0, 0.05) is 37.6 Å². The van der Waals surface area contributed by atoms with E-state index in [1.54, 1.807) is 12.3 Å². The maximum Gasteiger partial charge on any atom is 0.347 e. The Bertz CT molecular complexity index is 666. The first-order valence-electron chi connectivity index (χ1n) is 6.80. The molecule has 0 saturated carbocycles. The highest BCUT2D eigenvalue weighted by Gasteiger charge is 2.06. The Morgan fingerprint density at radius 3 is 2.86 bits per heavy atom. The lowest BCUT2D eigenvalue weighted by Crippen LogP contribution is -2.22. The molecule has 1 aromatic carbocycles. The van der Waals surface area contributed by atoms with Gasteiger partial charge in [0.05, 0.1) is 0 Å². The number of nitrogens with two attached hydrogens (primary N) is 1. The second-order valence-corrected chi connectivity index (χ2v) is 4.61. The summed E-state index contributed by atoms with van der Waals surface area (Å²) in [6, 6.07) is 9.13. The number of aryl methyl sites for hydroxylation is 1. The number of para-hydroxylation sites is 1. The van der Waals surface area contributed by atoms with Crippen molar-refractivity contribution in [3.8, 4) is 0 Å². The van der Waals surface area contributed by atoms with Crippen LogP contribution in [0.3, 0.4) is 0 Å². The number of hydrogen-bond acceptors (Lipinski definition) is 4. The lowest BCUT2D eigenvalue weighted by Gasteiger charge is -2.09. The Morgan fingerprint density at radius 2 is 2.10 bits per heavy atom. The maximum absolute atomic E-state index is 11.9. The fourth-order valence-electron chi connectivity index (χ4n) is 2.00. The molecule has 0 radical (unpaired) electrons. The summed E-state index contributed by atoms with van der Waals surface area (Å²) in [5.41, 5.74) is 6.96. The molecule has 0 unspecified atom stereocenters. The van der Waals surface area contributed by atoms with Crippen LogP contribution in [0.1, 0.15) is 18.4 Å². The third-order valence-electron chi connectivity index (χ3n) is 3.10. The van der Waals surface area contributed by atoms with Crippen molar-refractivity contribution in [2.75, 3.05) is 5.32 Å². The van der Waals surface area contributed by atoms with E-state index in [1.165, 1.54) is 10.8 Å². The van der Waals surface area contributed by atoms with Crippen molar-refractivity contribution in [1.29, 1.82) is 0 Å². The molecule has 6 nitrogen and oxygen atoms in total. The van der Waals surface area contributed by atoms with Crippen molar-refractivity contribution in [1.82, 2.24) is 9.55 Å². The van der Waals surface area contributed by atoms with E-state index in [-0.39, 0.29) is 11.6 Å². The first-order valence-corrected chi connectivity index (χ1v) is 6.80. The predicted molar refractivity (Wildman–Crippen MR) is 80.7 cm³/mol. The average molecular weight is 286 g/mol. The first-order chi connectivity index (χ1) is 10.2. The third kappa shape index (κ3) is 4.25. The number of nitrogens with one attached hydrogen (secondary N) is 1. The molecule has 0 saturated heterocycles. The van der Waals surface area contributed by atoms with Crippen molar-refractivity contribution in [2.45, 2.75) is 25.9 Å². The monoisotopic (exact) mass is 286 g/mol. The van der Waals surface area contributed by atoms with Crippen molar-refractivity contribution in [3.05, 3.63) is 58.8 Å². The van der Waals surface area contributed by atoms with E-state index in [9.17, 15) is 9.59 Å². The Balaban J connectivity index is 1.85. The van der Waals surface area contributed by atoms with Crippen molar-refractivity contribution in [3.63, 3.8) is 0 Å². The van der Waals surface area contributed by atoms with Gasteiger partial charge in [-0.15, -0.1) is 0 Å². The summed E-state index contributed by atoms with van der Waals surface area (Å²) in [7, 11) is 0. The van der Waals surface area contributed by atoms with Gasteiger partial charge in [-0.05, 0) is 24.1 Å². The van der Waals surface area contributed by atoms with Crippen molar-refractivity contribution >= 4 is 11.6 Å². The molecule has 0 aliphatic carbocycles.